The van der Waals surface area contributed by atoms with E-state index in [0.29, 0.717) is 12.5 Å². The highest BCUT2D eigenvalue weighted by Gasteiger charge is 2.50. The molecule has 0 radical (unpaired) electrons. The summed E-state index contributed by atoms with van der Waals surface area (Å²) in [6.07, 6.45) is 0.740. The smallest absolute Gasteiger partial charge is 0.311 e. The second-order valence-electron chi connectivity index (χ2n) is 3.83. The average molecular weight is 276 g/mol. The van der Waals surface area contributed by atoms with Crippen molar-refractivity contribution < 1.29 is 14.3 Å². The van der Waals surface area contributed by atoms with Gasteiger partial charge in [-0.05, 0) is 13.3 Å². The molecule has 4 nitrogen and oxygen atoms in total. The summed E-state index contributed by atoms with van der Waals surface area (Å²) >= 11 is 3.53. The van der Waals surface area contributed by atoms with E-state index in [9.17, 15) is 4.79 Å². The standard InChI is InChI=1S/C10H14BrNO3/c1-3-14-10(13)6-4-7(11)9-8(6)12-5(2)15-9/h6-9H,3-4H2,1-2H3/t6-,7-,8-,9+/m1/s1. The zero-order valence-electron chi connectivity index (χ0n) is 8.77. The molecule has 0 aromatic carbocycles. The lowest BCUT2D eigenvalue weighted by Gasteiger charge is -2.13. The largest absolute Gasteiger partial charge is 0.475 e. The van der Waals surface area contributed by atoms with E-state index >= 15 is 0 Å². The third-order valence-electron chi connectivity index (χ3n) is 2.81. The molecule has 0 unspecified atom stereocenters. The number of esters is 1. The van der Waals surface area contributed by atoms with Crippen molar-refractivity contribution in [3.05, 3.63) is 0 Å². The first kappa shape index (κ1) is 10.9. The van der Waals surface area contributed by atoms with E-state index < -0.39 is 0 Å². The Kier molecular flexibility index (Phi) is 3.00. The first-order valence-corrected chi connectivity index (χ1v) is 6.06. The lowest BCUT2D eigenvalue weighted by molar-refractivity contribution is -0.148. The van der Waals surface area contributed by atoms with Gasteiger partial charge in [0.1, 0.15) is 12.1 Å². The first-order chi connectivity index (χ1) is 7.13. The van der Waals surface area contributed by atoms with Gasteiger partial charge in [0.25, 0.3) is 0 Å². The number of hydrogen-bond acceptors (Lipinski definition) is 4. The molecule has 1 heterocycles. The minimum Gasteiger partial charge on any atom is -0.475 e. The van der Waals surface area contributed by atoms with Crippen LogP contribution >= 0.6 is 15.9 Å². The minimum absolute atomic E-state index is 0.000550. The zero-order valence-corrected chi connectivity index (χ0v) is 10.4. The van der Waals surface area contributed by atoms with E-state index in [-0.39, 0.29) is 28.9 Å². The minimum atomic E-state index is -0.156. The van der Waals surface area contributed by atoms with Crippen LogP contribution in [-0.4, -0.2) is 35.4 Å². The molecule has 0 aromatic rings. The van der Waals surface area contributed by atoms with Crippen LogP contribution in [0.4, 0.5) is 0 Å². The molecule has 0 saturated heterocycles. The summed E-state index contributed by atoms with van der Waals surface area (Å²) in [7, 11) is 0. The Morgan fingerprint density at radius 3 is 3.13 bits per heavy atom. The van der Waals surface area contributed by atoms with Crippen molar-refractivity contribution >= 4 is 27.8 Å². The van der Waals surface area contributed by atoms with Crippen molar-refractivity contribution in [2.75, 3.05) is 6.61 Å². The molecule has 0 amide bonds. The molecular formula is C10H14BrNO3. The van der Waals surface area contributed by atoms with Gasteiger partial charge in [0.2, 0.25) is 0 Å². The highest BCUT2D eigenvalue weighted by atomic mass is 79.9. The van der Waals surface area contributed by atoms with Gasteiger partial charge in [-0.15, -0.1) is 0 Å². The van der Waals surface area contributed by atoms with E-state index in [4.69, 9.17) is 9.47 Å². The SMILES string of the molecule is CCOC(=O)[C@@H]1C[C@@H](Br)[C@@H]2OC(C)=N[C@@H]21. The Bertz CT molecular complexity index is 305. The number of fused-ring (bicyclic) bond motifs is 1. The molecule has 2 aliphatic rings. The van der Waals surface area contributed by atoms with E-state index in [1.54, 1.807) is 0 Å². The summed E-state index contributed by atoms with van der Waals surface area (Å²) in [4.78, 5) is 16.2. The third-order valence-corrected chi connectivity index (χ3v) is 3.71. The predicted molar refractivity (Wildman–Crippen MR) is 59.2 cm³/mol. The van der Waals surface area contributed by atoms with Crippen molar-refractivity contribution in [1.82, 2.24) is 0 Å². The van der Waals surface area contributed by atoms with E-state index in [2.05, 4.69) is 20.9 Å². The monoisotopic (exact) mass is 275 g/mol. The molecule has 15 heavy (non-hydrogen) atoms. The van der Waals surface area contributed by atoms with Gasteiger partial charge in [0.05, 0.1) is 17.4 Å². The number of carbonyl (C=O) groups excluding carboxylic acids is 1. The molecular weight excluding hydrogens is 262 g/mol. The lowest BCUT2D eigenvalue weighted by Crippen LogP contribution is -2.29. The normalized spacial score (nSPS) is 38.2. The second kappa shape index (κ2) is 4.12. The summed E-state index contributed by atoms with van der Waals surface area (Å²) in [5.41, 5.74) is 0. The fraction of sp³-hybridized carbons (Fsp3) is 0.800. The number of hydrogen-bond donors (Lipinski definition) is 0. The van der Waals surface area contributed by atoms with Gasteiger partial charge in [-0.25, -0.2) is 4.99 Å². The van der Waals surface area contributed by atoms with Crippen molar-refractivity contribution in [1.29, 1.82) is 0 Å². The number of aliphatic imine (C=N–C) groups is 1. The Labute approximate surface area is 97.2 Å². The van der Waals surface area contributed by atoms with Crippen LogP contribution in [0.5, 0.6) is 0 Å². The molecule has 0 N–H and O–H groups in total. The van der Waals surface area contributed by atoms with Crippen molar-refractivity contribution in [3.63, 3.8) is 0 Å². The van der Waals surface area contributed by atoms with E-state index in [1.807, 2.05) is 13.8 Å². The van der Waals surface area contributed by atoms with E-state index in [1.165, 1.54) is 0 Å². The Morgan fingerprint density at radius 2 is 2.47 bits per heavy atom. The Hall–Kier alpha value is -0.580. The van der Waals surface area contributed by atoms with Crippen LogP contribution < -0.4 is 0 Å². The molecule has 5 heteroatoms. The van der Waals surface area contributed by atoms with Crippen LogP contribution in [0.25, 0.3) is 0 Å². The van der Waals surface area contributed by atoms with Gasteiger partial charge in [0.15, 0.2) is 5.90 Å². The van der Waals surface area contributed by atoms with Gasteiger partial charge in [-0.2, -0.15) is 0 Å². The molecule has 1 aliphatic heterocycles. The average Bonchev–Trinajstić information content (AvgIpc) is 2.67. The summed E-state index contributed by atoms with van der Waals surface area (Å²) in [5, 5.41) is 0. The quantitative estimate of drug-likeness (QED) is 0.567. The molecule has 0 spiro atoms. The van der Waals surface area contributed by atoms with Gasteiger partial charge in [0, 0.05) is 6.92 Å². The number of carbonyl (C=O) groups is 1. The number of halogens is 1. The van der Waals surface area contributed by atoms with Crippen molar-refractivity contribution in [3.8, 4) is 0 Å². The molecule has 1 aliphatic carbocycles. The molecule has 1 saturated carbocycles. The van der Waals surface area contributed by atoms with Crippen molar-refractivity contribution in [2.24, 2.45) is 10.9 Å². The summed E-state index contributed by atoms with van der Waals surface area (Å²) in [5.74, 6) is 0.358. The molecule has 0 bridgehead atoms. The number of rotatable bonds is 2. The fourth-order valence-electron chi connectivity index (χ4n) is 2.19. The number of nitrogens with zero attached hydrogens (tertiary/aromatic N) is 1. The molecule has 84 valence electrons. The summed E-state index contributed by atoms with van der Waals surface area (Å²) < 4.78 is 10.6. The maximum absolute atomic E-state index is 11.7. The van der Waals surface area contributed by atoms with Crippen LogP contribution in [-0.2, 0) is 14.3 Å². The number of ether oxygens (including phenoxy) is 2. The summed E-state index contributed by atoms with van der Waals surface area (Å²) in [6, 6.07) is -0.0616. The van der Waals surface area contributed by atoms with Crippen LogP contribution in [0.2, 0.25) is 0 Å². The maximum atomic E-state index is 11.7. The molecule has 4 atom stereocenters. The predicted octanol–water partition coefficient (Wildman–Crippen LogP) is 1.52. The van der Waals surface area contributed by atoms with Gasteiger partial charge < -0.3 is 9.47 Å². The van der Waals surface area contributed by atoms with E-state index in [0.717, 1.165) is 6.42 Å². The fourth-order valence-corrected chi connectivity index (χ4v) is 3.01. The van der Waals surface area contributed by atoms with Crippen molar-refractivity contribution in [2.45, 2.75) is 37.2 Å². The van der Waals surface area contributed by atoms with Crippen LogP contribution in [0, 0.1) is 5.92 Å². The highest BCUT2D eigenvalue weighted by molar-refractivity contribution is 9.09. The maximum Gasteiger partial charge on any atom is 0.311 e. The zero-order chi connectivity index (χ0) is 11.0. The molecule has 2 rings (SSSR count). The Morgan fingerprint density at radius 1 is 1.73 bits per heavy atom. The number of alkyl halides is 1. The highest BCUT2D eigenvalue weighted by Crippen LogP contribution is 2.39. The molecule has 1 fully saturated rings. The third kappa shape index (κ3) is 1.89. The summed E-state index contributed by atoms with van der Waals surface area (Å²) in [6.45, 7) is 4.05. The van der Waals surface area contributed by atoms with Crippen LogP contribution in [0.3, 0.4) is 0 Å². The van der Waals surface area contributed by atoms with Gasteiger partial charge in [-0.3, -0.25) is 4.79 Å². The van der Waals surface area contributed by atoms with Crippen LogP contribution in [0.1, 0.15) is 20.3 Å². The first-order valence-electron chi connectivity index (χ1n) is 5.15. The second-order valence-corrected chi connectivity index (χ2v) is 5.01. The molecule has 0 aromatic heterocycles. The Balaban J connectivity index is 2.11. The topological polar surface area (TPSA) is 47.9 Å². The van der Waals surface area contributed by atoms with Gasteiger partial charge >= 0.3 is 5.97 Å². The lowest BCUT2D eigenvalue weighted by atomic mass is 10.0. The van der Waals surface area contributed by atoms with Crippen LogP contribution in [0.15, 0.2) is 4.99 Å². The van der Waals surface area contributed by atoms with Gasteiger partial charge in [-0.1, -0.05) is 15.9 Å².